The molecule has 1 rings (SSSR count). The number of halogens is 2. The largest absolute Gasteiger partial charge is 0.357 e. The molecule has 0 aliphatic rings. The quantitative estimate of drug-likeness (QED) is 0.300. The molecule has 0 aromatic carbocycles. The molecule has 0 unspecified atom stereocenters. The third-order valence-electron chi connectivity index (χ3n) is 1.71. The van der Waals surface area contributed by atoms with Crippen LogP contribution in [0.2, 0.25) is 19.1 Å². The van der Waals surface area contributed by atoms with Crippen LogP contribution >= 0.6 is 45.2 Å². The van der Waals surface area contributed by atoms with E-state index in [0.717, 1.165) is 20.1 Å². The van der Waals surface area contributed by atoms with Crippen LogP contribution in [0.15, 0.2) is 0 Å². The Morgan fingerprint density at radius 1 is 1.33 bits per heavy atom. The Balaban J connectivity index is 2.26. The molecule has 0 aliphatic heterocycles. The van der Waals surface area contributed by atoms with E-state index in [0.29, 0.717) is 6.73 Å². The molecule has 1 heterocycles. The molecule has 0 radical (unpaired) electrons. The van der Waals surface area contributed by atoms with E-state index in [2.05, 4.69) is 75.0 Å². The van der Waals surface area contributed by atoms with Crippen LogP contribution in [-0.2, 0) is 11.5 Å². The van der Waals surface area contributed by atoms with Crippen LogP contribution in [0.3, 0.4) is 0 Å². The first-order valence-corrected chi connectivity index (χ1v) is 10.1. The van der Waals surface area contributed by atoms with Gasteiger partial charge in [0, 0.05) is 12.6 Å². The molecule has 1 aromatic heterocycles. The Bertz CT molecular complexity index is 305. The number of nitrogens with zero attached hydrogens (tertiary/aromatic N) is 3. The van der Waals surface area contributed by atoms with Gasteiger partial charge in [0.05, 0.1) is 6.61 Å². The van der Waals surface area contributed by atoms with Gasteiger partial charge in [0.2, 0.25) is 0 Å². The zero-order chi connectivity index (χ0) is 11.5. The van der Waals surface area contributed by atoms with E-state index in [4.69, 9.17) is 4.74 Å². The average Bonchev–Trinajstić information content (AvgIpc) is 2.39. The van der Waals surface area contributed by atoms with Gasteiger partial charge in [0.1, 0.15) is 0 Å². The van der Waals surface area contributed by atoms with Crippen molar-refractivity contribution in [2.24, 2.45) is 0 Å². The number of aromatic nitrogens is 3. The van der Waals surface area contributed by atoms with Gasteiger partial charge in [-0.1, -0.05) is 0 Å². The van der Waals surface area contributed by atoms with E-state index in [1.54, 1.807) is 4.80 Å². The van der Waals surface area contributed by atoms with Gasteiger partial charge < -0.3 is 4.74 Å². The molecule has 0 spiro atoms. The summed E-state index contributed by atoms with van der Waals surface area (Å²) in [4.78, 5) is 1.58. The maximum absolute atomic E-state index is 5.49. The topological polar surface area (TPSA) is 39.9 Å². The van der Waals surface area contributed by atoms with Gasteiger partial charge in [0.15, 0.2) is 14.1 Å². The molecule has 0 N–H and O–H groups in total. The Morgan fingerprint density at radius 3 is 2.33 bits per heavy atom. The van der Waals surface area contributed by atoms with Gasteiger partial charge in [0.25, 0.3) is 8.07 Å². The van der Waals surface area contributed by atoms with Crippen LogP contribution in [0.4, 0.5) is 0 Å². The van der Waals surface area contributed by atoms with Gasteiger partial charge in [-0.2, -0.15) is 4.80 Å². The molecule has 15 heavy (non-hydrogen) atoms. The van der Waals surface area contributed by atoms with Gasteiger partial charge >= 0.3 is 0 Å². The molecule has 7 heteroatoms. The van der Waals surface area contributed by atoms with Gasteiger partial charge in [-0.05, 0) is 58.3 Å². The molecule has 4 nitrogen and oxygen atoms in total. The summed E-state index contributed by atoms with van der Waals surface area (Å²) in [5, 5.41) is 8.40. The lowest BCUT2D eigenvalue weighted by Crippen LogP contribution is -2.23. The highest BCUT2D eigenvalue weighted by Crippen LogP contribution is 2.09. The summed E-state index contributed by atoms with van der Waals surface area (Å²) in [6, 6.07) is 1.07. The minimum absolute atomic E-state index is 0.434. The molecular weight excluding hydrogens is 436 g/mol. The number of rotatable bonds is 5. The predicted molar refractivity (Wildman–Crippen MR) is 79.1 cm³/mol. The van der Waals surface area contributed by atoms with E-state index < -0.39 is 8.07 Å². The summed E-state index contributed by atoms with van der Waals surface area (Å²) in [6.45, 7) is 9.79. The average molecular weight is 450 g/mol. The summed E-state index contributed by atoms with van der Waals surface area (Å²) >= 11 is 4.32. The van der Waals surface area contributed by atoms with E-state index >= 15 is 0 Å². The first-order chi connectivity index (χ1) is 6.88. The first-order valence-electron chi connectivity index (χ1n) is 4.58. The summed E-state index contributed by atoms with van der Waals surface area (Å²) in [6.07, 6.45) is 0. The van der Waals surface area contributed by atoms with Crippen molar-refractivity contribution in [3.05, 3.63) is 13.9 Å². The SMILES string of the molecule is [CH2+][Si](C)(C)CCOCn1nc(I)c(I)n1. The van der Waals surface area contributed by atoms with Crippen molar-refractivity contribution in [1.29, 1.82) is 0 Å². The molecular formula is C8H14I2N3OSi+. The standard InChI is InChI=1S/C8H14I2N3OSi/c1-15(2,3)5-4-14-6-13-11-7(9)8(10)12-13/h1,4-6H2,2-3H3/q+1. The zero-order valence-corrected chi connectivity index (χ0v) is 14.1. The predicted octanol–water partition coefficient (Wildman–Crippen LogP) is 2.54. The Kier molecular flexibility index (Phi) is 5.32. The second-order valence-electron chi connectivity index (χ2n) is 4.11. The zero-order valence-electron chi connectivity index (χ0n) is 8.83. The fourth-order valence-corrected chi connectivity index (χ4v) is 2.27. The summed E-state index contributed by atoms with van der Waals surface area (Å²) < 4.78 is 7.33. The van der Waals surface area contributed by atoms with Crippen LogP contribution in [0.25, 0.3) is 0 Å². The fourth-order valence-electron chi connectivity index (χ4n) is 0.860. The summed E-state index contributed by atoms with van der Waals surface area (Å²) in [7, 11) is -1.23. The van der Waals surface area contributed by atoms with Crippen molar-refractivity contribution in [1.82, 2.24) is 15.0 Å². The summed E-state index contributed by atoms with van der Waals surface area (Å²) in [5.74, 6) is 0. The van der Waals surface area contributed by atoms with E-state index in [9.17, 15) is 0 Å². The lowest BCUT2D eigenvalue weighted by molar-refractivity contribution is 0.0681. The Labute approximate surface area is 118 Å². The normalized spacial score (nSPS) is 12.0. The van der Waals surface area contributed by atoms with Crippen LogP contribution in [0.1, 0.15) is 0 Å². The fraction of sp³-hybridized carbons (Fsp3) is 0.625. The molecule has 1 aromatic rings. The van der Waals surface area contributed by atoms with E-state index in [-0.39, 0.29) is 0 Å². The van der Waals surface area contributed by atoms with Gasteiger partial charge in [-0.25, -0.2) is 0 Å². The van der Waals surface area contributed by atoms with Crippen molar-refractivity contribution in [2.75, 3.05) is 6.61 Å². The minimum atomic E-state index is -1.23. The molecule has 84 valence electrons. The minimum Gasteiger partial charge on any atom is -0.357 e. The molecule has 0 amide bonds. The number of hydrogen-bond acceptors (Lipinski definition) is 3. The highest BCUT2D eigenvalue weighted by Gasteiger charge is 2.23. The molecule has 0 atom stereocenters. The molecule has 0 aliphatic carbocycles. The van der Waals surface area contributed by atoms with Crippen LogP contribution in [0.5, 0.6) is 0 Å². The van der Waals surface area contributed by atoms with Crippen molar-refractivity contribution in [3.8, 4) is 0 Å². The second kappa shape index (κ2) is 5.82. The van der Waals surface area contributed by atoms with Crippen molar-refractivity contribution in [3.63, 3.8) is 0 Å². The van der Waals surface area contributed by atoms with Crippen molar-refractivity contribution >= 4 is 53.3 Å². The number of hydrogen-bond donors (Lipinski definition) is 0. The smallest absolute Gasteiger partial charge is 0.261 e. The summed E-state index contributed by atoms with van der Waals surface area (Å²) in [5.41, 5.74) is 0. The third kappa shape index (κ3) is 5.50. The molecule has 0 fully saturated rings. The first kappa shape index (κ1) is 13.7. The van der Waals surface area contributed by atoms with Gasteiger partial charge in [-0.3, -0.25) is 0 Å². The lowest BCUT2D eigenvalue weighted by Gasteiger charge is -2.07. The maximum Gasteiger partial charge on any atom is 0.261 e. The van der Waals surface area contributed by atoms with Crippen molar-refractivity contribution in [2.45, 2.75) is 25.9 Å². The van der Waals surface area contributed by atoms with Crippen LogP contribution < -0.4 is 0 Å². The molecule has 0 saturated heterocycles. The van der Waals surface area contributed by atoms with E-state index in [1.807, 2.05) is 0 Å². The molecule has 0 bridgehead atoms. The van der Waals surface area contributed by atoms with Gasteiger partial charge in [-0.15, -0.1) is 10.2 Å². The van der Waals surface area contributed by atoms with Crippen LogP contribution in [0, 0.1) is 13.9 Å². The lowest BCUT2D eigenvalue weighted by atomic mass is 10.8. The monoisotopic (exact) mass is 450 g/mol. The molecule has 0 saturated carbocycles. The third-order valence-corrected chi connectivity index (χ3v) is 5.75. The highest BCUT2D eigenvalue weighted by molar-refractivity contribution is 14.1. The Hall–Kier alpha value is 0.647. The van der Waals surface area contributed by atoms with Crippen molar-refractivity contribution < 1.29 is 4.74 Å². The number of ether oxygens (including phenoxy) is 1. The second-order valence-corrected chi connectivity index (χ2v) is 11.0. The highest BCUT2D eigenvalue weighted by atomic mass is 127. The maximum atomic E-state index is 5.49. The van der Waals surface area contributed by atoms with Crippen LogP contribution in [-0.4, -0.2) is 29.7 Å². The van der Waals surface area contributed by atoms with E-state index in [1.165, 1.54) is 0 Å². The Morgan fingerprint density at radius 2 is 1.87 bits per heavy atom.